The van der Waals surface area contributed by atoms with Crippen LogP contribution in [0.25, 0.3) is 11.0 Å². The summed E-state index contributed by atoms with van der Waals surface area (Å²) in [6.07, 6.45) is 1.48. The minimum absolute atomic E-state index is 0.190. The maximum Gasteiger partial charge on any atom is 0.353 e. The van der Waals surface area contributed by atoms with Crippen molar-refractivity contribution in [2.45, 2.75) is 23.5 Å². The highest BCUT2D eigenvalue weighted by molar-refractivity contribution is 8.06. The van der Waals surface area contributed by atoms with Gasteiger partial charge in [0.1, 0.15) is 22.9 Å². The van der Waals surface area contributed by atoms with E-state index in [9.17, 15) is 24.3 Å². The Hall–Kier alpha value is -3.33. The number of nitrogens with two attached hydrogens (primary N) is 1. The average Bonchev–Trinajstić information content (AvgIpc) is 3.19. The van der Waals surface area contributed by atoms with Crippen LogP contribution in [0.2, 0.25) is 0 Å². The van der Waals surface area contributed by atoms with Crippen LogP contribution in [0.1, 0.15) is 6.92 Å². The van der Waals surface area contributed by atoms with E-state index in [0.29, 0.717) is 15.9 Å². The first-order valence-corrected chi connectivity index (χ1v) is 10.6. The van der Waals surface area contributed by atoms with Gasteiger partial charge in [-0.2, -0.15) is 5.10 Å². The number of H-pyrrole nitrogens is 1. The quantitative estimate of drug-likeness (QED) is 0.238. The fourth-order valence-electron chi connectivity index (χ4n) is 3.04. The number of nitrogen functional groups attached to an aromatic ring is 1. The molecular formula is C16H15N7O6S2. The summed E-state index contributed by atoms with van der Waals surface area (Å²) in [7, 11) is 0. The molecule has 5 N–H and O–H groups in total. The standard InChI is InChI=1S/C16H15N7O6S2/c1-5(24)29-3-8(25)19-9-13(26)23-10(15(27)28)7(4-30-14(9)23)31-16-20-11(17)6-2-18-22-12(6)21-16/h2,9,14H,3-4H2,1H3,(H,19,25)(H,27,28)(H3,17,18,20,21,22)/t9?,14-/m1/s1. The van der Waals surface area contributed by atoms with E-state index in [0.717, 1.165) is 23.6 Å². The third-order valence-electron chi connectivity index (χ3n) is 4.39. The molecule has 0 radical (unpaired) electrons. The van der Waals surface area contributed by atoms with Crippen molar-refractivity contribution in [1.82, 2.24) is 30.4 Å². The van der Waals surface area contributed by atoms with Crippen LogP contribution in [-0.4, -0.2) is 77.7 Å². The number of aromatic nitrogens is 4. The number of nitrogens with zero attached hydrogens (tertiary/aromatic N) is 4. The molecule has 0 saturated carbocycles. The Morgan fingerprint density at radius 1 is 1.45 bits per heavy atom. The van der Waals surface area contributed by atoms with Crippen LogP contribution >= 0.6 is 23.5 Å². The summed E-state index contributed by atoms with van der Waals surface area (Å²) in [5, 5.41) is 18.9. The zero-order chi connectivity index (χ0) is 22.3. The van der Waals surface area contributed by atoms with Crippen molar-refractivity contribution in [3.05, 3.63) is 16.8 Å². The Morgan fingerprint density at radius 2 is 2.23 bits per heavy atom. The van der Waals surface area contributed by atoms with Gasteiger partial charge in [-0.3, -0.25) is 24.4 Å². The van der Waals surface area contributed by atoms with Gasteiger partial charge in [-0.15, -0.1) is 11.8 Å². The number of rotatable bonds is 6. The third-order valence-corrected chi connectivity index (χ3v) is 6.80. The summed E-state index contributed by atoms with van der Waals surface area (Å²) in [4.78, 5) is 57.1. The second kappa shape index (κ2) is 8.07. The topological polar surface area (TPSA) is 193 Å². The molecule has 2 aliphatic heterocycles. The molecule has 4 rings (SSSR count). The van der Waals surface area contributed by atoms with Gasteiger partial charge < -0.3 is 20.9 Å². The molecule has 162 valence electrons. The zero-order valence-electron chi connectivity index (χ0n) is 15.8. The minimum atomic E-state index is -1.29. The lowest BCUT2D eigenvalue weighted by atomic mass is 10.1. The molecular weight excluding hydrogens is 450 g/mol. The highest BCUT2D eigenvalue weighted by atomic mass is 32.2. The van der Waals surface area contributed by atoms with Crippen molar-refractivity contribution in [2.24, 2.45) is 0 Å². The first kappa shape index (κ1) is 20.9. The monoisotopic (exact) mass is 465 g/mol. The van der Waals surface area contributed by atoms with E-state index in [-0.39, 0.29) is 22.4 Å². The number of ether oxygens (including phenoxy) is 1. The number of aromatic amines is 1. The smallest absolute Gasteiger partial charge is 0.353 e. The highest BCUT2D eigenvalue weighted by Crippen LogP contribution is 2.44. The molecule has 13 nitrogen and oxygen atoms in total. The Kier molecular flexibility index (Phi) is 5.45. The van der Waals surface area contributed by atoms with Gasteiger partial charge in [-0.1, -0.05) is 11.8 Å². The minimum Gasteiger partial charge on any atom is -0.477 e. The molecule has 1 unspecified atom stereocenters. The molecule has 2 amide bonds. The number of carbonyl (C=O) groups is 4. The number of hydrogen-bond donors (Lipinski definition) is 4. The van der Waals surface area contributed by atoms with E-state index < -0.39 is 41.8 Å². The molecule has 2 aromatic heterocycles. The van der Waals surface area contributed by atoms with Crippen LogP contribution in [0.3, 0.4) is 0 Å². The summed E-state index contributed by atoms with van der Waals surface area (Å²) in [5.41, 5.74) is 6.10. The molecule has 2 aliphatic rings. The summed E-state index contributed by atoms with van der Waals surface area (Å²) >= 11 is 2.27. The number of carbonyl (C=O) groups excluding carboxylic acids is 3. The van der Waals surface area contributed by atoms with Gasteiger partial charge in [-0.25, -0.2) is 14.8 Å². The summed E-state index contributed by atoms with van der Waals surface area (Å²) in [6, 6.07) is -0.915. The predicted octanol–water partition coefficient (Wildman–Crippen LogP) is -0.714. The molecule has 2 atom stereocenters. The van der Waals surface area contributed by atoms with Crippen LogP contribution < -0.4 is 11.1 Å². The lowest BCUT2D eigenvalue weighted by Crippen LogP contribution is -2.70. The summed E-state index contributed by atoms with van der Waals surface area (Å²) in [6.45, 7) is 0.638. The van der Waals surface area contributed by atoms with Gasteiger partial charge >= 0.3 is 11.9 Å². The number of esters is 1. The van der Waals surface area contributed by atoms with Crippen molar-refractivity contribution in [3.63, 3.8) is 0 Å². The largest absolute Gasteiger partial charge is 0.477 e. The number of aliphatic carboxylic acids is 1. The first-order chi connectivity index (χ1) is 14.8. The maximum atomic E-state index is 12.6. The van der Waals surface area contributed by atoms with Crippen molar-refractivity contribution >= 4 is 64.1 Å². The number of nitrogens with one attached hydrogen (secondary N) is 2. The van der Waals surface area contributed by atoms with Crippen LogP contribution in [0.15, 0.2) is 22.0 Å². The molecule has 1 fully saturated rings. The summed E-state index contributed by atoms with van der Waals surface area (Å²) in [5.74, 6) is -2.70. The molecule has 0 aliphatic carbocycles. The van der Waals surface area contributed by atoms with Crippen LogP contribution in [0.5, 0.6) is 0 Å². The molecule has 2 aromatic rings. The number of carboxylic acid groups (broad SMARTS) is 1. The lowest BCUT2D eigenvalue weighted by molar-refractivity contribution is -0.152. The number of amides is 2. The van der Waals surface area contributed by atoms with E-state index >= 15 is 0 Å². The van der Waals surface area contributed by atoms with E-state index in [4.69, 9.17) is 5.73 Å². The Morgan fingerprint density at radius 3 is 2.94 bits per heavy atom. The van der Waals surface area contributed by atoms with Crippen molar-refractivity contribution in [1.29, 1.82) is 0 Å². The number of thioether (sulfide) groups is 2. The predicted molar refractivity (Wildman–Crippen MR) is 108 cm³/mol. The molecule has 1 saturated heterocycles. The van der Waals surface area contributed by atoms with Crippen molar-refractivity contribution < 1.29 is 29.0 Å². The second-order valence-corrected chi connectivity index (χ2v) is 8.61. The van der Waals surface area contributed by atoms with Gasteiger partial charge in [0, 0.05) is 17.6 Å². The van der Waals surface area contributed by atoms with Gasteiger partial charge in [0.25, 0.3) is 11.8 Å². The number of β-lactam (4-membered cyclic amide) rings is 1. The fraction of sp³-hybridized carbons (Fsp3) is 0.312. The maximum absolute atomic E-state index is 12.6. The lowest BCUT2D eigenvalue weighted by Gasteiger charge is -2.49. The Bertz CT molecular complexity index is 1150. The Balaban J connectivity index is 1.54. The first-order valence-electron chi connectivity index (χ1n) is 8.74. The number of fused-ring (bicyclic) bond motifs is 2. The number of carboxylic acids is 1. The third kappa shape index (κ3) is 3.88. The molecule has 15 heteroatoms. The average molecular weight is 465 g/mol. The van der Waals surface area contributed by atoms with Gasteiger partial charge in [0.05, 0.1) is 11.6 Å². The Labute approximate surface area is 182 Å². The van der Waals surface area contributed by atoms with Gasteiger partial charge in [0.15, 0.2) is 17.4 Å². The summed E-state index contributed by atoms with van der Waals surface area (Å²) < 4.78 is 4.60. The van der Waals surface area contributed by atoms with E-state index in [2.05, 4.69) is 30.2 Å². The van der Waals surface area contributed by atoms with Crippen molar-refractivity contribution in [2.75, 3.05) is 18.1 Å². The van der Waals surface area contributed by atoms with Gasteiger partial charge in [0.2, 0.25) is 0 Å². The van der Waals surface area contributed by atoms with E-state index in [1.807, 2.05) is 0 Å². The van der Waals surface area contributed by atoms with E-state index in [1.54, 1.807) is 0 Å². The fourth-order valence-corrected chi connectivity index (χ4v) is 5.46. The van der Waals surface area contributed by atoms with Crippen LogP contribution in [0, 0.1) is 0 Å². The molecule has 31 heavy (non-hydrogen) atoms. The second-order valence-electron chi connectivity index (χ2n) is 6.44. The molecule has 0 spiro atoms. The number of anilines is 1. The number of hydrogen-bond acceptors (Lipinski definition) is 11. The SMILES string of the molecule is CC(=O)OCC(=O)NC1C(=O)N2C(C(=O)O)=C(Sc3nc(N)c4cn[nH]c4n3)CS[C@H]12. The van der Waals surface area contributed by atoms with Crippen LogP contribution in [0.4, 0.5) is 5.82 Å². The molecule has 0 bridgehead atoms. The molecule has 4 heterocycles. The molecule has 0 aromatic carbocycles. The van der Waals surface area contributed by atoms with Crippen molar-refractivity contribution in [3.8, 4) is 0 Å². The van der Waals surface area contributed by atoms with E-state index in [1.165, 1.54) is 18.0 Å². The van der Waals surface area contributed by atoms with Crippen LogP contribution in [-0.2, 0) is 23.9 Å². The zero-order valence-corrected chi connectivity index (χ0v) is 17.5. The van der Waals surface area contributed by atoms with Gasteiger partial charge in [-0.05, 0) is 0 Å². The highest BCUT2D eigenvalue weighted by Gasteiger charge is 2.54. The normalized spacial score (nSPS) is 20.3.